The van der Waals surface area contributed by atoms with E-state index >= 15 is 0 Å². The summed E-state index contributed by atoms with van der Waals surface area (Å²) >= 11 is 5.98. The largest absolute Gasteiger partial charge is 0.477 e. The predicted molar refractivity (Wildman–Crippen MR) is 101 cm³/mol. The van der Waals surface area contributed by atoms with Crippen LogP contribution in [0.2, 0.25) is 5.02 Å². The molecule has 0 spiro atoms. The van der Waals surface area contributed by atoms with E-state index in [4.69, 9.17) is 21.1 Å². The van der Waals surface area contributed by atoms with E-state index in [2.05, 4.69) is 23.8 Å². The first-order valence-corrected chi connectivity index (χ1v) is 9.23. The normalized spacial score (nSPS) is 13.7. The van der Waals surface area contributed by atoms with Gasteiger partial charge in [-0.25, -0.2) is 9.78 Å². The molecule has 1 heterocycles. The van der Waals surface area contributed by atoms with Crippen molar-refractivity contribution in [3.8, 4) is 17.3 Å². The van der Waals surface area contributed by atoms with Gasteiger partial charge in [-0.15, -0.1) is 0 Å². The van der Waals surface area contributed by atoms with Crippen LogP contribution in [-0.4, -0.2) is 29.7 Å². The van der Waals surface area contributed by atoms with E-state index in [0.29, 0.717) is 52.8 Å². The van der Waals surface area contributed by atoms with Crippen molar-refractivity contribution < 1.29 is 14.3 Å². The van der Waals surface area contributed by atoms with E-state index in [-0.39, 0.29) is 0 Å². The molecule has 26 heavy (non-hydrogen) atoms. The fraction of sp³-hybridized carbons (Fsp3) is 0.450. The van der Waals surface area contributed by atoms with Crippen LogP contribution in [0.4, 0.5) is 0 Å². The van der Waals surface area contributed by atoms with Crippen molar-refractivity contribution in [2.45, 2.75) is 33.1 Å². The first-order valence-electron chi connectivity index (χ1n) is 8.86. The van der Waals surface area contributed by atoms with Crippen molar-refractivity contribution in [1.29, 1.82) is 0 Å². The molecule has 6 heteroatoms. The minimum absolute atomic E-state index is 0.305. The molecule has 0 saturated heterocycles. The van der Waals surface area contributed by atoms with Crippen molar-refractivity contribution in [2.75, 3.05) is 13.7 Å². The molecule has 1 saturated carbocycles. The Kier molecular flexibility index (Phi) is 5.77. The van der Waals surface area contributed by atoms with Crippen molar-refractivity contribution in [3.05, 3.63) is 40.5 Å². The zero-order chi connectivity index (χ0) is 18.7. The second kappa shape index (κ2) is 8.04. The first-order chi connectivity index (χ1) is 12.5. The fourth-order valence-electron chi connectivity index (χ4n) is 2.64. The van der Waals surface area contributed by atoms with Crippen LogP contribution in [-0.2, 0) is 11.2 Å². The summed E-state index contributed by atoms with van der Waals surface area (Å²) in [7, 11) is 1.36. The second-order valence-corrected chi connectivity index (χ2v) is 7.46. The van der Waals surface area contributed by atoms with Crippen LogP contribution in [0, 0.1) is 11.8 Å². The van der Waals surface area contributed by atoms with Crippen LogP contribution < -0.4 is 4.74 Å². The maximum Gasteiger partial charge on any atom is 0.345 e. The van der Waals surface area contributed by atoms with Gasteiger partial charge in [-0.2, -0.15) is 4.98 Å². The maximum absolute atomic E-state index is 12.4. The molecule has 1 aromatic carbocycles. The molecule has 138 valence electrons. The van der Waals surface area contributed by atoms with Crippen LogP contribution in [0.15, 0.2) is 24.3 Å². The molecular formula is C20H23ClN2O3. The second-order valence-electron chi connectivity index (χ2n) is 7.02. The van der Waals surface area contributed by atoms with Gasteiger partial charge in [0.05, 0.1) is 19.4 Å². The summed E-state index contributed by atoms with van der Waals surface area (Å²) < 4.78 is 10.9. The summed E-state index contributed by atoms with van der Waals surface area (Å²) in [4.78, 5) is 21.6. The van der Waals surface area contributed by atoms with Gasteiger partial charge in [-0.1, -0.05) is 25.4 Å². The minimum atomic E-state index is -0.464. The zero-order valence-corrected chi connectivity index (χ0v) is 16.0. The third kappa shape index (κ3) is 4.52. The number of rotatable bonds is 7. The summed E-state index contributed by atoms with van der Waals surface area (Å²) in [5.74, 6) is 1.23. The van der Waals surface area contributed by atoms with Gasteiger partial charge in [-0.3, -0.25) is 0 Å². The van der Waals surface area contributed by atoms with E-state index in [1.165, 1.54) is 7.11 Å². The Hall–Kier alpha value is -2.14. The van der Waals surface area contributed by atoms with Gasteiger partial charge in [-0.05, 0) is 55.4 Å². The third-order valence-corrected chi connectivity index (χ3v) is 4.45. The lowest BCUT2D eigenvalue weighted by Gasteiger charge is -2.15. The number of carbonyl (C=O) groups is 1. The summed E-state index contributed by atoms with van der Waals surface area (Å²) in [5, 5.41) is 0.646. The predicted octanol–water partition coefficient (Wildman–Crippen LogP) is 4.57. The number of methoxy groups -OCH3 is 1. The quantitative estimate of drug-likeness (QED) is 0.664. The summed E-state index contributed by atoms with van der Waals surface area (Å²) in [5.41, 5.74) is 1.81. The number of carbonyl (C=O) groups excluding carboxylic acids is 1. The lowest BCUT2D eigenvalue weighted by molar-refractivity contribution is 0.0592. The van der Waals surface area contributed by atoms with Crippen molar-refractivity contribution in [1.82, 2.24) is 9.97 Å². The van der Waals surface area contributed by atoms with Crippen LogP contribution in [0.5, 0.6) is 5.88 Å². The number of nitrogens with zero attached hydrogens (tertiary/aromatic N) is 2. The standard InChI is InChI=1S/C20H23ClN2O3/c1-12(2)10-16-17(20(24)25-3)19(26-11-13-4-5-13)23-18(22-16)14-6-8-15(21)9-7-14/h6-9,12-13H,4-5,10-11H2,1-3H3. The zero-order valence-electron chi connectivity index (χ0n) is 15.3. The van der Waals surface area contributed by atoms with E-state index < -0.39 is 5.97 Å². The highest BCUT2D eigenvalue weighted by molar-refractivity contribution is 6.30. The molecule has 1 aromatic heterocycles. The number of hydrogen-bond donors (Lipinski definition) is 0. The summed E-state index contributed by atoms with van der Waals surface area (Å²) in [6.45, 7) is 4.72. The van der Waals surface area contributed by atoms with Crippen molar-refractivity contribution >= 4 is 17.6 Å². The molecule has 1 aliphatic rings. The topological polar surface area (TPSA) is 61.3 Å². The van der Waals surface area contributed by atoms with Gasteiger partial charge in [0.1, 0.15) is 5.56 Å². The van der Waals surface area contributed by atoms with E-state index in [1.807, 2.05) is 12.1 Å². The average molecular weight is 375 g/mol. The Balaban J connectivity index is 2.07. The summed E-state index contributed by atoms with van der Waals surface area (Å²) in [6, 6.07) is 7.31. The summed E-state index contributed by atoms with van der Waals surface area (Å²) in [6.07, 6.45) is 2.94. The third-order valence-electron chi connectivity index (χ3n) is 4.20. The SMILES string of the molecule is COC(=O)c1c(CC(C)C)nc(-c2ccc(Cl)cc2)nc1OCC1CC1. The van der Waals surface area contributed by atoms with Crippen LogP contribution in [0.1, 0.15) is 42.7 Å². The Morgan fingerprint density at radius 1 is 1.23 bits per heavy atom. The molecule has 5 nitrogen and oxygen atoms in total. The number of ether oxygens (including phenoxy) is 2. The number of aromatic nitrogens is 2. The number of halogens is 1. The highest BCUT2D eigenvalue weighted by Gasteiger charge is 2.27. The van der Waals surface area contributed by atoms with E-state index in [0.717, 1.165) is 18.4 Å². The van der Waals surface area contributed by atoms with Crippen molar-refractivity contribution in [3.63, 3.8) is 0 Å². The lowest BCUT2D eigenvalue weighted by atomic mass is 10.0. The van der Waals surface area contributed by atoms with E-state index in [1.54, 1.807) is 12.1 Å². The molecule has 0 atom stereocenters. The van der Waals surface area contributed by atoms with Gasteiger partial charge in [0.15, 0.2) is 5.82 Å². The van der Waals surface area contributed by atoms with Crippen LogP contribution in [0.3, 0.4) is 0 Å². The Labute approximate surface area is 158 Å². The van der Waals surface area contributed by atoms with Gasteiger partial charge < -0.3 is 9.47 Å². The first kappa shape index (κ1) is 18.6. The van der Waals surface area contributed by atoms with Gasteiger partial charge in [0.2, 0.25) is 5.88 Å². The molecule has 1 fully saturated rings. The molecule has 0 N–H and O–H groups in total. The highest BCUT2D eigenvalue weighted by atomic mass is 35.5. The van der Waals surface area contributed by atoms with Gasteiger partial charge in [0.25, 0.3) is 0 Å². The molecule has 2 aromatic rings. The molecular weight excluding hydrogens is 352 g/mol. The minimum Gasteiger partial charge on any atom is -0.477 e. The molecule has 0 aliphatic heterocycles. The van der Waals surface area contributed by atoms with Gasteiger partial charge in [0, 0.05) is 10.6 Å². The molecule has 0 amide bonds. The van der Waals surface area contributed by atoms with Crippen LogP contribution >= 0.6 is 11.6 Å². The molecule has 0 unspecified atom stereocenters. The number of benzene rings is 1. The van der Waals surface area contributed by atoms with Crippen LogP contribution in [0.25, 0.3) is 11.4 Å². The van der Waals surface area contributed by atoms with Crippen molar-refractivity contribution in [2.24, 2.45) is 11.8 Å². The molecule has 0 bridgehead atoms. The molecule has 1 aliphatic carbocycles. The highest BCUT2D eigenvalue weighted by Crippen LogP contribution is 2.32. The van der Waals surface area contributed by atoms with Gasteiger partial charge >= 0.3 is 5.97 Å². The smallest absolute Gasteiger partial charge is 0.345 e. The Morgan fingerprint density at radius 2 is 1.92 bits per heavy atom. The Bertz CT molecular complexity index is 786. The van der Waals surface area contributed by atoms with E-state index in [9.17, 15) is 4.79 Å². The molecule has 0 radical (unpaired) electrons. The fourth-order valence-corrected chi connectivity index (χ4v) is 2.77. The number of esters is 1. The average Bonchev–Trinajstić information content (AvgIpc) is 3.43. The maximum atomic E-state index is 12.4. The molecule has 3 rings (SSSR count). The number of hydrogen-bond acceptors (Lipinski definition) is 5. The lowest BCUT2D eigenvalue weighted by Crippen LogP contribution is -2.16. The Morgan fingerprint density at radius 3 is 2.50 bits per heavy atom. The monoisotopic (exact) mass is 374 g/mol.